The third-order valence-electron chi connectivity index (χ3n) is 1.55. The highest BCUT2D eigenvalue weighted by molar-refractivity contribution is 7.79. The van der Waals surface area contributed by atoms with E-state index >= 15 is 0 Å². The molecule has 0 spiro atoms. The van der Waals surface area contributed by atoms with Crippen molar-refractivity contribution in [3.05, 3.63) is 11.6 Å². The molecule has 0 unspecified atom stereocenters. The maximum absolute atomic E-state index is 4.96. The van der Waals surface area contributed by atoms with Crippen LogP contribution in [0.15, 0.2) is 0 Å². The van der Waals surface area contributed by atoms with E-state index in [1.807, 2.05) is 11.5 Å². The van der Waals surface area contributed by atoms with Crippen molar-refractivity contribution in [1.29, 1.82) is 0 Å². The Morgan fingerprint density at radius 3 is 2.83 bits per heavy atom. The summed E-state index contributed by atoms with van der Waals surface area (Å²) in [6, 6.07) is 0. The first kappa shape index (κ1) is 9.28. The van der Waals surface area contributed by atoms with Gasteiger partial charge in [0.05, 0.1) is 0 Å². The molecule has 0 aromatic carbocycles. The predicted octanol–water partition coefficient (Wildman–Crippen LogP) is 0.792. The van der Waals surface area contributed by atoms with Crippen LogP contribution in [0.5, 0.6) is 0 Å². The molecule has 0 atom stereocenters. The topological polar surface area (TPSA) is 39.9 Å². The summed E-state index contributed by atoms with van der Waals surface area (Å²) in [4.78, 5) is 0. The Balaban J connectivity index is 2.96. The molecule has 1 aromatic heterocycles. The molecule has 1 rings (SSSR count). The molecule has 1 aromatic rings. The zero-order valence-electron chi connectivity index (χ0n) is 7.15. The lowest BCUT2D eigenvalue weighted by Crippen LogP contribution is -2.05. The van der Waals surface area contributed by atoms with Crippen LogP contribution >= 0.6 is 12.2 Å². The lowest BCUT2D eigenvalue weighted by Gasteiger charge is -2.02. The Kier molecular flexibility index (Phi) is 3.31. The van der Waals surface area contributed by atoms with Gasteiger partial charge in [0.2, 0.25) is 0 Å². The highest BCUT2D eigenvalue weighted by atomic mass is 32.1. The van der Waals surface area contributed by atoms with Crippen LogP contribution in [0.4, 0.5) is 0 Å². The van der Waals surface area contributed by atoms with Crippen molar-refractivity contribution in [2.24, 2.45) is 0 Å². The molecule has 0 aliphatic heterocycles. The Hall–Kier alpha value is -0.810. The third-order valence-corrected chi connectivity index (χ3v) is 1.76. The second-order valence-corrected chi connectivity index (χ2v) is 2.51. The minimum Gasteiger partial charge on any atom is -0.377 e. The summed E-state index contributed by atoms with van der Waals surface area (Å²) in [5.41, 5.74) is 0. The van der Waals surface area contributed by atoms with E-state index in [0.29, 0.717) is 6.61 Å². The van der Waals surface area contributed by atoms with Gasteiger partial charge in [-0.3, -0.25) is 0 Å². The van der Waals surface area contributed by atoms with Gasteiger partial charge in [-0.25, -0.2) is 0 Å². The van der Waals surface area contributed by atoms with Crippen molar-refractivity contribution < 1.29 is 4.74 Å². The van der Waals surface area contributed by atoms with Crippen LogP contribution in [0.3, 0.4) is 0 Å². The van der Waals surface area contributed by atoms with Crippen LogP contribution in [0, 0.1) is 0 Å². The van der Waals surface area contributed by atoms with Gasteiger partial charge < -0.3 is 9.30 Å². The summed E-state index contributed by atoms with van der Waals surface area (Å²) >= 11 is 4.78. The Bertz CT molecular complexity index is 272. The Morgan fingerprint density at radius 2 is 2.33 bits per heavy atom. The van der Waals surface area contributed by atoms with Gasteiger partial charge in [-0.05, 0) is 6.92 Å². The fourth-order valence-corrected chi connectivity index (χ4v) is 1.19. The summed E-state index contributed by atoms with van der Waals surface area (Å²) in [5.74, 6) is 1.54. The lowest BCUT2D eigenvalue weighted by molar-refractivity contribution is 0.174. The molecule has 12 heavy (non-hydrogen) atoms. The van der Waals surface area contributed by atoms with Gasteiger partial charge >= 0.3 is 0 Å². The second-order valence-electron chi connectivity index (χ2n) is 2.27. The standard InChI is InChI=1S/C7H11N3OS/c1-3-10-6(4-11-2)8-9-7(10)5-12/h5H,3-4H2,1-2H3. The number of rotatable bonds is 4. The number of aromatic nitrogens is 3. The number of methoxy groups -OCH3 is 1. The van der Waals surface area contributed by atoms with E-state index in [1.54, 1.807) is 7.11 Å². The van der Waals surface area contributed by atoms with Crippen molar-refractivity contribution in [2.45, 2.75) is 20.1 Å². The smallest absolute Gasteiger partial charge is 0.167 e. The zero-order valence-corrected chi connectivity index (χ0v) is 7.97. The number of nitrogens with zero attached hydrogens (tertiary/aromatic N) is 3. The van der Waals surface area contributed by atoms with Crippen LogP contribution in [-0.2, 0) is 17.9 Å². The van der Waals surface area contributed by atoms with E-state index in [2.05, 4.69) is 10.2 Å². The number of thiocarbonyl (C=S) groups is 1. The van der Waals surface area contributed by atoms with E-state index in [4.69, 9.17) is 17.0 Å². The van der Waals surface area contributed by atoms with Gasteiger partial charge in [0.25, 0.3) is 0 Å². The van der Waals surface area contributed by atoms with Gasteiger partial charge in [-0.2, -0.15) is 0 Å². The molecule has 0 saturated carbocycles. The molecule has 0 saturated heterocycles. The lowest BCUT2D eigenvalue weighted by atomic mass is 10.5. The monoisotopic (exact) mass is 185 g/mol. The van der Waals surface area contributed by atoms with Crippen molar-refractivity contribution in [1.82, 2.24) is 14.8 Å². The molecular formula is C7H11N3OS. The van der Waals surface area contributed by atoms with Gasteiger partial charge in [0, 0.05) is 19.0 Å². The van der Waals surface area contributed by atoms with Gasteiger partial charge in [0.1, 0.15) is 6.61 Å². The minimum absolute atomic E-state index is 0.476. The third kappa shape index (κ3) is 1.67. The van der Waals surface area contributed by atoms with Gasteiger partial charge in [-0.1, -0.05) is 12.2 Å². The van der Waals surface area contributed by atoms with Crippen molar-refractivity contribution in [3.63, 3.8) is 0 Å². The predicted molar refractivity (Wildman–Crippen MR) is 49.2 cm³/mol. The first-order valence-corrected chi connectivity index (χ1v) is 4.16. The second kappa shape index (κ2) is 4.27. The van der Waals surface area contributed by atoms with E-state index in [-0.39, 0.29) is 0 Å². The maximum atomic E-state index is 4.96. The highest BCUT2D eigenvalue weighted by Gasteiger charge is 2.06. The molecular weight excluding hydrogens is 174 g/mol. The first-order valence-electron chi connectivity index (χ1n) is 3.69. The van der Waals surface area contributed by atoms with Crippen LogP contribution in [0.2, 0.25) is 0 Å². The normalized spacial score (nSPS) is 10.2. The summed E-state index contributed by atoms with van der Waals surface area (Å²) in [7, 11) is 1.63. The summed E-state index contributed by atoms with van der Waals surface area (Å²) in [5, 5.41) is 9.36. The zero-order chi connectivity index (χ0) is 8.97. The molecule has 66 valence electrons. The molecule has 0 bridgehead atoms. The van der Waals surface area contributed by atoms with Crippen LogP contribution < -0.4 is 0 Å². The molecule has 0 aliphatic rings. The van der Waals surface area contributed by atoms with E-state index in [0.717, 1.165) is 18.2 Å². The molecule has 1 heterocycles. The molecule has 4 nitrogen and oxygen atoms in total. The molecule has 0 aliphatic carbocycles. The first-order chi connectivity index (χ1) is 5.83. The molecule has 5 heteroatoms. The van der Waals surface area contributed by atoms with Gasteiger partial charge in [0.15, 0.2) is 11.6 Å². The van der Waals surface area contributed by atoms with Crippen LogP contribution in [-0.4, -0.2) is 27.2 Å². The van der Waals surface area contributed by atoms with Crippen LogP contribution in [0.1, 0.15) is 18.6 Å². The average Bonchev–Trinajstić information content (AvgIpc) is 2.47. The number of hydrogen-bond donors (Lipinski definition) is 0. The average molecular weight is 185 g/mol. The highest BCUT2D eigenvalue weighted by Crippen LogP contribution is 2.01. The molecule has 0 N–H and O–H groups in total. The molecule has 0 fully saturated rings. The fraction of sp³-hybridized carbons (Fsp3) is 0.571. The van der Waals surface area contributed by atoms with E-state index in [9.17, 15) is 0 Å². The fourth-order valence-electron chi connectivity index (χ4n) is 1.02. The quantitative estimate of drug-likeness (QED) is 0.650. The summed E-state index contributed by atoms with van der Waals surface area (Å²) in [6.45, 7) is 3.31. The van der Waals surface area contributed by atoms with Crippen molar-refractivity contribution >= 4 is 17.6 Å². The minimum atomic E-state index is 0.476. The molecule has 0 radical (unpaired) electrons. The molecule has 0 amide bonds. The SMILES string of the molecule is CCn1c(C=S)nnc1COC. The Labute approximate surface area is 76.6 Å². The summed E-state index contributed by atoms with van der Waals surface area (Å²) < 4.78 is 6.88. The van der Waals surface area contributed by atoms with E-state index in [1.165, 1.54) is 5.37 Å². The maximum Gasteiger partial charge on any atom is 0.167 e. The largest absolute Gasteiger partial charge is 0.377 e. The van der Waals surface area contributed by atoms with Crippen LogP contribution in [0.25, 0.3) is 0 Å². The van der Waals surface area contributed by atoms with Crippen molar-refractivity contribution in [2.75, 3.05) is 7.11 Å². The Morgan fingerprint density at radius 1 is 1.58 bits per heavy atom. The van der Waals surface area contributed by atoms with Gasteiger partial charge in [-0.15, -0.1) is 10.2 Å². The number of hydrogen-bond acceptors (Lipinski definition) is 4. The number of ether oxygens (including phenoxy) is 1. The van der Waals surface area contributed by atoms with E-state index < -0.39 is 0 Å². The van der Waals surface area contributed by atoms with Crippen molar-refractivity contribution in [3.8, 4) is 0 Å². The summed E-state index contributed by atoms with van der Waals surface area (Å²) in [6.07, 6.45) is 0.